The van der Waals surface area contributed by atoms with Crippen molar-refractivity contribution in [2.45, 2.75) is 26.4 Å². The van der Waals surface area contributed by atoms with Gasteiger partial charge in [-0.15, -0.1) is 0 Å². The van der Waals surface area contributed by atoms with Crippen LogP contribution in [0.3, 0.4) is 0 Å². The topological polar surface area (TPSA) is 40.5 Å². The van der Waals surface area contributed by atoms with E-state index in [0.717, 1.165) is 5.39 Å². The lowest BCUT2D eigenvalue weighted by molar-refractivity contribution is 0.0544. The van der Waals surface area contributed by atoms with E-state index >= 15 is 0 Å². The Labute approximate surface area is 116 Å². The maximum Gasteiger partial charge on any atom is 0.419 e. The highest BCUT2D eigenvalue weighted by Crippen LogP contribution is 2.32. The summed E-state index contributed by atoms with van der Waals surface area (Å²) in [6, 6.07) is 5.23. The molecule has 2 aromatic rings. The van der Waals surface area contributed by atoms with Crippen molar-refractivity contribution < 1.29 is 14.3 Å². The summed E-state index contributed by atoms with van der Waals surface area (Å²) in [5.74, 6) is 0.579. The Morgan fingerprint density at radius 2 is 1.95 bits per heavy atom. The summed E-state index contributed by atoms with van der Waals surface area (Å²) in [4.78, 5) is 12.2. The Balaban J connectivity index is 2.56. The minimum atomic E-state index is -0.556. The van der Waals surface area contributed by atoms with Crippen molar-refractivity contribution in [3.05, 3.63) is 29.4 Å². The summed E-state index contributed by atoms with van der Waals surface area (Å²) in [7, 11) is 1.55. The Morgan fingerprint density at radius 3 is 2.53 bits per heavy atom. The summed E-state index contributed by atoms with van der Waals surface area (Å²) in [5, 5.41) is 1.32. The molecule has 0 aliphatic rings. The van der Waals surface area contributed by atoms with E-state index in [4.69, 9.17) is 21.1 Å². The molecular formula is C14H16ClNO3. The molecule has 0 saturated carbocycles. The molecule has 1 aromatic carbocycles. The molecule has 1 heterocycles. The first kappa shape index (κ1) is 13.7. The first-order chi connectivity index (χ1) is 8.83. The number of hydrogen-bond acceptors (Lipinski definition) is 3. The Bertz CT molecular complexity index is 625. The first-order valence-corrected chi connectivity index (χ1v) is 6.28. The summed E-state index contributed by atoms with van der Waals surface area (Å²) in [6.07, 6.45) is 1.18. The zero-order valence-electron chi connectivity index (χ0n) is 11.4. The molecular weight excluding hydrogens is 266 g/mol. The third-order valence-corrected chi connectivity index (χ3v) is 2.90. The zero-order chi connectivity index (χ0) is 14.2. The third-order valence-electron chi connectivity index (χ3n) is 2.57. The number of nitrogens with zero attached hydrogens (tertiary/aromatic N) is 1. The molecule has 5 heteroatoms. The highest BCUT2D eigenvalue weighted by molar-refractivity contribution is 6.35. The number of hydrogen-bond donors (Lipinski definition) is 0. The van der Waals surface area contributed by atoms with E-state index in [1.54, 1.807) is 31.5 Å². The lowest BCUT2D eigenvalue weighted by Crippen LogP contribution is -2.26. The molecule has 4 nitrogen and oxygen atoms in total. The van der Waals surface area contributed by atoms with E-state index in [9.17, 15) is 4.79 Å². The Morgan fingerprint density at radius 1 is 1.26 bits per heavy atom. The van der Waals surface area contributed by atoms with Gasteiger partial charge in [0.2, 0.25) is 0 Å². The number of benzene rings is 1. The van der Waals surface area contributed by atoms with Crippen LogP contribution in [0.25, 0.3) is 10.9 Å². The summed E-state index contributed by atoms with van der Waals surface area (Å²) in [6.45, 7) is 5.46. The lowest BCUT2D eigenvalue weighted by Gasteiger charge is -2.20. The van der Waals surface area contributed by atoms with Crippen molar-refractivity contribution >= 4 is 28.6 Å². The van der Waals surface area contributed by atoms with Crippen molar-refractivity contribution in [2.75, 3.05) is 7.11 Å². The van der Waals surface area contributed by atoms with E-state index in [0.29, 0.717) is 16.3 Å². The number of halogens is 1. The van der Waals surface area contributed by atoms with Crippen LogP contribution in [0.2, 0.25) is 5.02 Å². The summed E-state index contributed by atoms with van der Waals surface area (Å²) >= 11 is 6.12. The minimum absolute atomic E-state index is 0.455. The molecule has 0 unspecified atom stereocenters. The van der Waals surface area contributed by atoms with Gasteiger partial charge in [-0.25, -0.2) is 9.36 Å². The van der Waals surface area contributed by atoms with Gasteiger partial charge in [-0.05, 0) is 39.0 Å². The molecule has 0 radical (unpaired) electrons. The van der Waals surface area contributed by atoms with Gasteiger partial charge >= 0.3 is 6.09 Å². The average molecular weight is 282 g/mol. The SMILES string of the molecule is COc1ccc(Cl)c2ccn(C(=O)OC(C)(C)C)c12. The number of rotatable bonds is 1. The Hall–Kier alpha value is -1.68. The maximum absolute atomic E-state index is 12.2. The molecule has 0 aliphatic carbocycles. The normalized spacial score (nSPS) is 11.6. The van der Waals surface area contributed by atoms with Crippen LogP contribution in [0.4, 0.5) is 4.79 Å². The van der Waals surface area contributed by atoms with E-state index in [-0.39, 0.29) is 0 Å². The van der Waals surface area contributed by atoms with Crippen LogP contribution in [0.5, 0.6) is 5.75 Å². The van der Waals surface area contributed by atoms with Gasteiger partial charge in [0.05, 0.1) is 12.1 Å². The second-order valence-electron chi connectivity index (χ2n) is 5.18. The van der Waals surface area contributed by atoms with Gasteiger partial charge in [0.15, 0.2) is 0 Å². The summed E-state index contributed by atoms with van der Waals surface area (Å²) < 4.78 is 12.0. The largest absolute Gasteiger partial charge is 0.495 e. The van der Waals surface area contributed by atoms with Crippen molar-refractivity contribution in [1.82, 2.24) is 4.57 Å². The molecule has 0 amide bonds. The number of aromatic nitrogens is 1. The molecule has 0 aliphatic heterocycles. The fourth-order valence-electron chi connectivity index (χ4n) is 1.82. The quantitative estimate of drug-likeness (QED) is 0.790. The first-order valence-electron chi connectivity index (χ1n) is 5.90. The molecule has 102 valence electrons. The number of carbonyl (C=O) groups excluding carboxylic acids is 1. The molecule has 0 bridgehead atoms. The maximum atomic E-state index is 12.2. The smallest absolute Gasteiger partial charge is 0.419 e. The standard InChI is InChI=1S/C14H16ClNO3/c1-14(2,3)19-13(17)16-8-7-9-10(15)5-6-11(18-4)12(9)16/h5-8H,1-4H3. The van der Waals surface area contributed by atoms with Gasteiger partial charge in [-0.3, -0.25) is 0 Å². The van der Waals surface area contributed by atoms with E-state index in [1.165, 1.54) is 4.57 Å². The van der Waals surface area contributed by atoms with E-state index in [1.807, 2.05) is 20.8 Å². The van der Waals surface area contributed by atoms with Crippen molar-refractivity contribution in [1.29, 1.82) is 0 Å². The monoisotopic (exact) mass is 281 g/mol. The van der Waals surface area contributed by atoms with Crippen LogP contribution in [-0.2, 0) is 4.74 Å². The molecule has 19 heavy (non-hydrogen) atoms. The number of fused-ring (bicyclic) bond motifs is 1. The molecule has 0 atom stereocenters. The molecule has 1 aromatic heterocycles. The van der Waals surface area contributed by atoms with Gasteiger partial charge < -0.3 is 9.47 Å². The molecule has 0 fully saturated rings. The number of carbonyl (C=O) groups is 1. The molecule has 0 spiro atoms. The lowest BCUT2D eigenvalue weighted by atomic mass is 10.2. The second-order valence-corrected chi connectivity index (χ2v) is 5.59. The minimum Gasteiger partial charge on any atom is -0.495 e. The third kappa shape index (κ3) is 2.68. The zero-order valence-corrected chi connectivity index (χ0v) is 12.1. The number of methoxy groups -OCH3 is 1. The fourth-order valence-corrected chi connectivity index (χ4v) is 2.04. The van der Waals surface area contributed by atoms with Gasteiger partial charge in [0.25, 0.3) is 0 Å². The highest BCUT2D eigenvalue weighted by atomic mass is 35.5. The van der Waals surface area contributed by atoms with Gasteiger partial charge in [-0.1, -0.05) is 11.6 Å². The number of ether oxygens (including phenoxy) is 2. The van der Waals surface area contributed by atoms with Crippen molar-refractivity contribution in [2.24, 2.45) is 0 Å². The van der Waals surface area contributed by atoms with Crippen LogP contribution >= 0.6 is 11.6 Å². The van der Waals surface area contributed by atoms with Gasteiger partial charge in [0.1, 0.15) is 16.9 Å². The van der Waals surface area contributed by atoms with Crippen LogP contribution in [0, 0.1) is 0 Å². The van der Waals surface area contributed by atoms with Crippen LogP contribution in [0.15, 0.2) is 24.4 Å². The predicted octanol–water partition coefficient (Wildman–Crippen LogP) is 4.09. The molecule has 0 N–H and O–H groups in total. The van der Waals surface area contributed by atoms with Gasteiger partial charge in [-0.2, -0.15) is 0 Å². The van der Waals surface area contributed by atoms with Crippen LogP contribution < -0.4 is 4.74 Å². The molecule has 2 rings (SSSR count). The van der Waals surface area contributed by atoms with E-state index < -0.39 is 11.7 Å². The average Bonchev–Trinajstić information content (AvgIpc) is 2.73. The van der Waals surface area contributed by atoms with Crippen LogP contribution in [-0.4, -0.2) is 23.4 Å². The van der Waals surface area contributed by atoms with E-state index in [2.05, 4.69) is 0 Å². The summed E-state index contributed by atoms with van der Waals surface area (Å²) in [5.41, 5.74) is 0.0590. The van der Waals surface area contributed by atoms with Crippen LogP contribution in [0.1, 0.15) is 20.8 Å². The van der Waals surface area contributed by atoms with Crippen molar-refractivity contribution in [3.63, 3.8) is 0 Å². The predicted molar refractivity (Wildman–Crippen MR) is 75.1 cm³/mol. The van der Waals surface area contributed by atoms with Crippen molar-refractivity contribution in [3.8, 4) is 5.75 Å². The molecule has 0 saturated heterocycles. The van der Waals surface area contributed by atoms with Gasteiger partial charge in [0, 0.05) is 11.6 Å². The Kier molecular flexibility index (Phi) is 3.45. The highest BCUT2D eigenvalue weighted by Gasteiger charge is 2.21. The second kappa shape index (κ2) is 4.78. The fraction of sp³-hybridized carbons (Fsp3) is 0.357.